The number of aliphatic imine (C=N–C) groups is 1. The Hall–Kier alpha value is -2.61. The average Bonchev–Trinajstić information content (AvgIpc) is 2.87. The van der Waals surface area contributed by atoms with Crippen LogP contribution in [0.4, 0.5) is 18.9 Å². The van der Waals surface area contributed by atoms with Gasteiger partial charge in [0.2, 0.25) is 0 Å². The van der Waals surface area contributed by atoms with Crippen molar-refractivity contribution in [2.45, 2.75) is 10.9 Å². The lowest BCUT2D eigenvalue weighted by Crippen LogP contribution is -2.36. The highest BCUT2D eigenvalue weighted by atomic mass is 32.2. The molecule has 0 aromatic heterocycles. The van der Waals surface area contributed by atoms with Crippen molar-refractivity contribution in [2.75, 3.05) is 0 Å². The highest BCUT2D eigenvalue weighted by Gasteiger charge is 2.51. The van der Waals surface area contributed by atoms with E-state index in [1.165, 1.54) is 12.2 Å². The van der Waals surface area contributed by atoms with Gasteiger partial charge in [-0.1, -0.05) is 42.5 Å². The van der Waals surface area contributed by atoms with Crippen LogP contribution in [-0.2, 0) is 19.7 Å². The molecule has 1 atom stereocenters. The van der Waals surface area contributed by atoms with E-state index in [1.807, 2.05) is 6.07 Å². The SMILES string of the molecule is O=S(=O)(OC1=C2C=CC=CC23C(=Nc2ccccc23)C=C1)C(F)(F)F. The van der Waals surface area contributed by atoms with E-state index in [-0.39, 0.29) is 5.76 Å². The molecule has 0 radical (unpaired) electrons. The molecule has 3 aliphatic rings. The summed E-state index contributed by atoms with van der Waals surface area (Å²) in [4.78, 5) is 4.51. The molecule has 4 rings (SSSR count). The van der Waals surface area contributed by atoms with Crippen molar-refractivity contribution in [2.24, 2.45) is 4.99 Å². The van der Waals surface area contributed by atoms with Gasteiger partial charge in [-0.2, -0.15) is 21.6 Å². The quantitative estimate of drug-likeness (QED) is 0.591. The van der Waals surface area contributed by atoms with Gasteiger partial charge in [-0.25, -0.2) is 0 Å². The second-order valence-corrected chi connectivity index (χ2v) is 7.17. The van der Waals surface area contributed by atoms with Crippen LogP contribution >= 0.6 is 0 Å². The molecule has 25 heavy (non-hydrogen) atoms. The number of hydrogen-bond donors (Lipinski definition) is 0. The van der Waals surface area contributed by atoms with Crippen LogP contribution in [0.2, 0.25) is 0 Å². The molecule has 0 saturated carbocycles. The van der Waals surface area contributed by atoms with Crippen molar-refractivity contribution >= 4 is 21.5 Å². The molecule has 4 nitrogen and oxygen atoms in total. The summed E-state index contributed by atoms with van der Waals surface area (Å²) in [6.07, 6.45) is 9.36. The third-order valence-electron chi connectivity index (χ3n) is 4.26. The van der Waals surface area contributed by atoms with Crippen LogP contribution in [0.5, 0.6) is 0 Å². The fraction of sp³-hybridized carbons (Fsp3) is 0.118. The van der Waals surface area contributed by atoms with Gasteiger partial charge < -0.3 is 4.18 Å². The zero-order valence-electron chi connectivity index (χ0n) is 12.5. The summed E-state index contributed by atoms with van der Waals surface area (Å²) in [5, 5.41) is 0. The van der Waals surface area contributed by atoms with Gasteiger partial charge in [-0.05, 0) is 23.8 Å². The molecule has 0 saturated heterocycles. The van der Waals surface area contributed by atoms with Gasteiger partial charge in [-0.3, -0.25) is 4.99 Å². The number of fused-ring (bicyclic) bond motifs is 1. The minimum absolute atomic E-state index is 0.300. The molecule has 0 bridgehead atoms. The topological polar surface area (TPSA) is 55.7 Å². The Morgan fingerprint density at radius 2 is 1.80 bits per heavy atom. The number of allylic oxidation sites excluding steroid dienone is 7. The fourth-order valence-corrected chi connectivity index (χ4v) is 3.70. The summed E-state index contributed by atoms with van der Waals surface area (Å²) in [6.45, 7) is 0. The third kappa shape index (κ3) is 2.13. The normalized spacial score (nSPS) is 23.9. The Labute approximate surface area is 141 Å². The number of alkyl halides is 3. The summed E-state index contributed by atoms with van der Waals surface area (Å²) < 4.78 is 65.4. The maximum absolute atomic E-state index is 12.7. The number of rotatable bonds is 2. The monoisotopic (exact) mass is 365 g/mol. The molecule has 1 aromatic rings. The first-order chi connectivity index (χ1) is 11.8. The predicted octanol–water partition coefficient (Wildman–Crippen LogP) is 3.83. The van der Waals surface area contributed by atoms with Crippen LogP contribution in [0.15, 0.2) is 77.0 Å². The largest absolute Gasteiger partial charge is 0.534 e. The first-order valence-corrected chi connectivity index (χ1v) is 8.65. The zero-order chi connectivity index (χ0) is 17.9. The van der Waals surface area contributed by atoms with Crippen LogP contribution < -0.4 is 0 Å². The molecular weight excluding hydrogens is 355 g/mol. The third-order valence-corrected chi connectivity index (χ3v) is 5.23. The van der Waals surface area contributed by atoms with Gasteiger partial charge in [0, 0.05) is 5.57 Å². The lowest BCUT2D eigenvalue weighted by molar-refractivity contribution is -0.0520. The van der Waals surface area contributed by atoms with Gasteiger partial charge in [0.25, 0.3) is 0 Å². The zero-order valence-corrected chi connectivity index (χ0v) is 13.3. The molecule has 1 spiro atoms. The number of nitrogens with zero attached hydrogens (tertiary/aromatic N) is 1. The highest BCUT2D eigenvalue weighted by molar-refractivity contribution is 7.87. The summed E-state index contributed by atoms with van der Waals surface area (Å²) >= 11 is 0. The Kier molecular flexibility index (Phi) is 3.15. The van der Waals surface area contributed by atoms with Gasteiger partial charge in [0.05, 0.1) is 16.8 Å². The lowest BCUT2D eigenvalue weighted by Gasteiger charge is -2.34. The van der Waals surface area contributed by atoms with Crippen LogP contribution in [0.3, 0.4) is 0 Å². The Morgan fingerprint density at radius 3 is 2.56 bits per heavy atom. The van der Waals surface area contributed by atoms with E-state index in [1.54, 1.807) is 42.5 Å². The van der Waals surface area contributed by atoms with Crippen LogP contribution in [-0.4, -0.2) is 19.6 Å². The molecule has 1 aliphatic heterocycles. The van der Waals surface area contributed by atoms with Crippen LogP contribution in [0.25, 0.3) is 0 Å². The van der Waals surface area contributed by atoms with Crippen molar-refractivity contribution in [1.29, 1.82) is 0 Å². The minimum Gasteiger partial charge on any atom is -0.376 e. The van der Waals surface area contributed by atoms with Gasteiger partial charge in [0.15, 0.2) is 0 Å². The van der Waals surface area contributed by atoms with Crippen molar-refractivity contribution in [1.82, 2.24) is 0 Å². The second-order valence-electron chi connectivity index (χ2n) is 5.63. The van der Waals surface area contributed by atoms with E-state index in [9.17, 15) is 21.6 Å². The molecule has 8 heteroatoms. The molecular formula is C17H10F3NO3S. The van der Waals surface area contributed by atoms with Crippen molar-refractivity contribution in [3.8, 4) is 0 Å². The molecule has 1 heterocycles. The maximum atomic E-state index is 12.7. The smallest absolute Gasteiger partial charge is 0.376 e. The van der Waals surface area contributed by atoms with Crippen molar-refractivity contribution < 1.29 is 25.8 Å². The highest BCUT2D eigenvalue weighted by Crippen LogP contribution is 2.51. The number of para-hydroxylation sites is 1. The van der Waals surface area contributed by atoms with Crippen LogP contribution in [0.1, 0.15) is 5.56 Å². The van der Waals surface area contributed by atoms with E-state index in [0.717, 1.165) is 5.56 Å². The van der Waals surface area contributed by atoms with E-state index in [0.29, 0.717) is 17.0 Å². The van der Waals surface area contributed by atoms with Crippen molar-refractivity contribution in [3.05, 3.63) is 77.6 Å². The van der Waals surface area contributed by atoms with Crippen molar-refractivity contribution in [3.63, 3.8) is 0 Å². The molecule has 1 unspecified atom stereocenters. The van der Waals surface area contributed by atoms with Gasteiger partial charge in [0.1, 0.15) is 5.76 Å². The molecule has 2 aliphatic carbocycles. The van der Waals surface area contributed by atoms with E-state index in [2.05, 4.69) is 9.18 Å². The number of halogens is 3. The number of hydrogen-bond acceptors (Lipinski definition) is 4. The Balaban J connectivity index is 1.92. The predicted molar refractivity (Wildman–Crippen MR) is 85.7 cm³/mol. The Morgan fingerprint density at radius 1 is 1.04 bits per heavy atom. The van der Waals surface area contributed by atoms with E-state index < -0.39 is 21.0 Å². The number of benzene rings is 1. The summed E-state index contributed by atoms with van der Waals surface area (Å²) in [5.41, 5.74) is -4.11. The minimum atomic E-state index is -5.76. The van der Waals surface area contributed by atoms with E-state index in [4.69, 9.17) is 0 Å². The molecule has 0 amide bonds. The lowest BCUT2D eigenvalue weighted by atomic mass is 9.67. The molecule has 0 fully saturated rings. The van der Waals surface area contributed by atoms with E-state index >= 15 is 0 Å². The summed E-state index contributed by atoms with van der Waals surface area (Å²) in [6, 6.07) is 7.20. The summed E-state index contributed by atoms with van der Waals surface area (Å²) in [7, 11) is -5.76. The Bertz CT molecular complexity index is 1030. The van der Waals surface area contributed by atoms with Crippen LogP contribution in [0, 0.1) is 0 Å². The molecule has 0 N–H and O–H groups in total. The summed E-state index contributed by atoms with van der Waals surface area (Å²) in [5.74, 6) is -0.367. The first-order valence-electron chi connectivity index (χ1n) is 7.24. The standard InChI is InChI=1S/C17H10F3NO3S/c18-17(19,20)25(22,23)24-14-8-9-15-16(10-4-3-6-12(14)16)11-5-1-2-7-13(11)21-15/h1-10H. The first kappa shape index (κ1) is 15.9. The van der Waals surface area contributed by atoms with Gasteiger partial charge in [-0.15, -0.1) is 0 Å². The average molecular weight is 365 g/mol. The fourth-order valence-electron chi connectivity index (χ4n) is 3.22. The maximum Gasteiger partial charge on any atom is 0.534 e. The van der Waals surface area contributed by atoms with Gasteiger partial charge >= 0.3 is 15.6 Å². The molecule has 128 valence electrons. The second kappa shape index (κ2) is 4.95. The molecule has 1 aromatic carbocycles.